The Morgan fingerprint density at radius 1 is 1.00 bits per heavy atom. The van der Waals surface area contributed by atoms with Crippen molar-refractivity contribution in [1.82, 2.24) is 10.2 Å². The molecule has 0 saturated heterocycles. The van der Waals surface area contributed by atoms with Crippen LogP contribution in [-0.4, -0.2) is 42.5 Å². The Labute approximate surface area is 135 Å². The van der Waals surface area contributed by atoms with Gasteiger partial charge in [-0.2, -0.15) is 0 Å². The predicted molar refractivity (Wildman–Crippen MR) is 89.8 cm³/mol. The van der Waals surface area contributed by atoms with Crippen LogP contribution in [0.15, 0.2) is 0 Å². The van der Waals surface area contributed by atoms with E-state index in [1.165, 1.54) is 38.5 Å². The van der Waals surface area contributed by atoms with Gasteiger partial charge in [-0.15, -0.1) is 12.4 Å². The van der Waals surface area contributed by atoms with Gasteiger partial charge < -0.3 is 16.0 Å². The van der Waals surface area contributed by atoms with Crippen molar-refractivity contribution in [2.75, 3.05) is 20.6 Å². The molecular formula is C16H32ClN3O. The van der Waals surface area contributed by atoms with Gasteiger partial charge in [-0.1, -0.05) is 38.5 Å². The number of nitrogens with two attached hydrogens (primary N) is 1. The maximum absolute atomic E-state index is 12.5. The highest BCUT2D eigenvalue weighted by atomic mass is 35.5. The fraction of sp³-hybridized carbons (Fsp3) is 0.938. The highest BCUT2D eigenvalue weighted by Gasteiger charge is 2.39. The number of carbonyl (C=O) groups is 1. The minimum atomic E-state index is -0.611. The number of hydrogen-bond acceptors (Lipinski definition) is 3. The van der Waals surface area contributed by atoms with Gasteiger partial charge in [0.1, 0.15) is 0 Å². The Hall–Kier alpha value is -0.320. The summed E-state index contributed by atoms with van der Waals surface area (Å²) in [4.78, 5) is 14.8. The van der Waals surface area contributed by atoms with E-state index in [-0.39, 0.29) is 23.9 Å². The van der Waals surface area contributed by atoms with E-state index in [0.717, 1.165) is 32.2 Å². The Kier molecular flexibility index (Phi) is 6.95. The molecule has 5 heteroatoms. The Balaban J connectivity index is 0.00000220. The average molecular weight is 318 g/mol. The van der Waals surface area contributed by atoms with Gasteiger partial charge in [0.25, 0.3) is 0 Å². The van der Waals surface area contributed by atoms with Crippen molar-refractivity contribution < 1.29 is 4.79 Å². The number of nitrogens with zero attached hydrogens (tertiary/aromatic N) is 1. The Morgan fingerprint density at radius 2 is 1.48 bits per heavy atom. The Morgan fingerprint density at radius 3 is 1.95 bits per heavy atom. The lowest BCUT2D eigenvalue weighted by Gasteiger charge is -2.44. The first kappa shape index (κ1) is 18.7. The fourth-order valence-electron chi connectivity index (χ4n) is 3.82. The summed E-state index contributed by atoms with van der Waals surface area (Å²) < 4.78 is 0. The number of amides is 1. The third kappa shape index (κ3) is 4.33. The van der Waals surface area contributed by atoms with Crippen molar-refractivity contribution in [2.45, 2.75) is 75.3 Å². The standard InChI is InChI=1S/C16H31N3O.ClH/c1-19(2)15(9-5-3-6-10-15)13-18-14(20)16(17)11-7-4-8-12-16;/h3-13,17H2,1-2H3,(H,18,20);1H. The number of carbonyl (C=O) groups excluding carboxylic acids is 1. The quantitative estimate of drug-likeness (QED) is 0.837. The third-order valence-electron chi connectivity index (χ3n) is 5.51. The van der Waals surface area contributed by atoms with Crippen LogP contribution < -0.4 is 11.1 Å². The molecule has 4 nitrogen and oxygen atoms in total. The van der Waals surface area contributed by atoms with Gasteiger partial charge in [-0.05, 0) is 39.8 Å². The normalized spacial score (nSPS) is 24.2. The highest BCUT2D eigenvalue weighted by molar-refractivity contribution is 5.86. The molecule has 0 radical (unpaired) electrons. The number of hydrogen-bond donors (Lipinski definition) is 2. The van der Waals surface area contributed by atoms with Crippen molar-refractivity contribution in [1.29, 1.82) is 0 Å². The van der Waals surface area contributed by atoms with Crippen LogP contribution in [0, 0.1) is 0 Å². The molecule has 0 aromatic carbocycles. The zero-order valence-corrected chi connectivity index (χ0v) is 14.4. The van der Waals surface area contributed by atoms with E-state index in [1.807, 2.05) is 0 Å². The largest absolute Gasteiger partial charge is 0.353 e. The van der Waals surface area contributed by atoms with E-state index in [0.29, 0.717) is 0 Å². The molecule has 0 aliphatic heterocycles. The van der Waals surface area contributed by atoms with E-state index in [4.69, 9.17) is 5.73 Å². The molecule has 124 valence electrons. The summed E-state index contributed by atoms with van der Waals surface area (Å²) in [6, 6.07) is 0. The lowest BCUT2D eigenvalue weighted by molar-refractivity contribution is -0.128. The van der Waals surface area contributed by atoms with Crippen LogP contribution >= 0.6 is 12.4 Å². The highest BCUT2D eigenvalue weighted by Crippen LogP contribution is 2.32. The van der Waals surface area contributed by atoms with Gasteiger partial charge in [-0.3, -0.25) is 4.79 Å². The molecule has 0 unspecified atom stereocenters. The van der Waals surface area contributed by atoms with Crippen molar-refractivity contribution in [3.05, 3.63) is 0 Å². The minimum Gasteiger partial charge on any atom is -0.353 e. The van der Waals surface area contributed by atoms with E-state index in [2.05, 4.69) is 24.3 Å². The van der Waals surface area contributed by atoms with Crippen molar-refractivity contribution >= 4 is 18.3 Å². The van der Waals surface area contributed by atoms with Crippen LogP contribution in [0.5, 0.6) is 0 Å². The average Bonchev–Trinajstić information content (AvgIpc) is 2.46. The summed E-state index contributed by atoms with van der Waals surface area (Å²) in [6.45, 7) is 0.748. The molecule has 2 aliphatic rings. The molecule has 0 aromatic heterocycles. The molecule has 3 N–H and O–H groups in total. The van der Waals surface area contributed by atoms with Gasteiger partial charge in [0.15, 0.2) is 0 Å². The minimum absolute atomic E-state index is 0. The third-order valence-corrected chi connectivity index (χ3v) is 5.51. The lowest BCUT2D eigenvalue weighted by atomic mass is 9.79. The maximum Gasteiger partial charge on any atom is 0.240 e. The summed E-state index contributed by atoms with van der Waals surface area (Å²) in [5, 5.41) is 3.18. The molecule has 0 atom stereocenters. The van der Waals surface area contributed by atoms with E-state index < -0.39 is 5.54 Å². The van der Waals surface area contributed by atoms with Gasteiger partial charge in [0, 0.05) is 12.1 Å². The number of halogens is 1. The van der Waals surface area contributed by atoms with Gasteiger partial charge in [0.2, 0.25) is 5.91 Å². The molecule has 2 fully saturated rings. The summed E-state index contributed by atoms with van der Waals surface area (Å²) in [6.07, 6.45) is 11.3. The maximum atomic E-state index is 12.5. The van der Waals surface area contributed by atoms with Gasteiger partial charge >= 0.3 is 0 Å². The smallest absolute Gasteiger partial charge is 0.240 e. The first-order valence-corrected chi connectivity index (χ1v) is 8.23. The van der Waals surface area contributed by atoms with Crippen molar-refractivity contribution in [2.24, 2.45) is 5.73 Å². The molecular weight excluding hydrogens is 286 g/mol. The predicted octanol–water partition coefficient (Wildman–Crippen LogP) is 2.45. The molecule has 2 saturated carbocycles. The number of nitrogens with one attached hydrogen (secondary N) is 1. The number of likely N-dealkylation sites (N-methyl/N-ethyl adjacent to an activating group) is 1. The molecule has 2 aliphatic carbocycles. The van der Waals surface area contributed by atoms with Gasteiger partial charge in [-0.25, -0.2) is 0 Å². The first-order chi connectivity index (χ1) is 9.49. The molecule has 1 amide bonds. The summed E-state index contributed by atoms with van der Waals surface area (Å²) >= 11 is 0. The first-order valence-electron chi connectivity index (χ1n) is 8.23. The summed E-state index contributed by atoms with van der Waals surface area (Å²) in [7, 11) is 4.27. The Bertz CT molecular complexity index is 334. The second kappa shape index (κ2) is 7.80. The topological polar surface area (TPSA) is 58.4 Å². The lowest BCUT2D eigenvalue weighted by Crippen LogP contribution is -2.60. The molecule has 0 spiro atoms. The van der Waals surface area contributed by atoms with Crippen molar-refractivity contribution in [3.8, 4) is 0 Å². The van der Waals surface area contributed by atoms with Crippen LogP contribution in [0.3, 0.4) is 0 Å². The SMILES string of the molecule is CN(C)C1(CNC(=O)C2(N)CCCCC2)CCCCC1.Cl. The van der Waals surface area contributed by atoms with E-state index in [1.54, 1.807) is 0 Å². The molecule has 21 heavy (non-hydrogen) atoms. The molecule has 0 bridgehead atoms. The second-order valence-corrected chi connectivity index (χ2v) is 7.08. The van der Waals surface area contributed by atoms with Crippen LogP contribution in [0.1, 0.15) is 64.2 Å². The van der Waals surface area contributed by atoms with E-state index in [9.17, 15) is 4.79 Å². The fourth-order valence-corrected chi connectivity index (χ4v) is 3.82. The number of rotatable bonds is 4. The van der Waals surface area contributed by atoms with Crippen LogP contribution in [0.2, 0.25) is 0 Å². The summed E-state index contributed by atoms with van der Waals surface area (Å²) in [5.41, 5.74) is 5.84. The van der Waals surface area contributed by atoms with E-state index >= 15 is 0 Å². The van der Waals surface area contributed by atoms with Gasteiger partial charge in [0.05, 0.1) is 5.54 Å². The zero-order chi connectivity index (χ0) is 14.6. The zero-order valence-electron chi connectivity index (χ0n) is 13.6. The monoisotopic (exact) mass is 317 g/mol. The van der Waals surface area contributed by atoms with Crippen LogP contribution in [0.25, 0.3) is 0 Å². The summed E-state index contributed by atoms with van der Waals surface area (Å²) in [5.74, 6) is 0.0731. The second-order valence-electron chi connectivity index (χ2n) is 7.08. The van der Waals surface area contributed by atoms with Crippen LogP contribution in [0.4, 0.5) is 0 Å². The van der Waals surface area contributed by atoms with Crippen LogP contribution in [-0.2, 0) is 4.79 Å². The molecule has 0 aromatic rings. The molecule has 2 rings (SSSR count). The van der Waals surface area contributed by atoms with Crippen molar-refractivity contribution in [3.63, 3.8) is 0 Å². The molecule has 0 heterocycles.